The number of rotatable bonds is 4. The van der Waals surface area contributed by atoms with Gasteiger partial charge in [-0.15, -0.1) is 0 Å². The van der Waals surface area contributed by atoms with Gasteiger partial charge in [-0.2, -0.15) is 0 Å². The Kier molecular flexibility index (Phi) is 4.24. The van der Waals surface area contributed by atoms with Crippen molar-refractivity contribution >= 4 is 0 Å². The van der Waals surface area contributed by atoms with Crippen LogP contribution >= 0.6 is 0 Å². The molecule has 3 nitrogen and oxygen atoms in total. The molecular weight excluding hydrogens is 214 g/mol. The Morgan fingerprint density at radius 2 is 2.12 bits per heavy atom. The van der Waals surface area contributed by atoms with Crippen molar-refractivity contribution in [2.45, 2.75) is 45.3 Å². The summed E-state index contributed by atoms with van der Waals surface area (Å²) in [6, 6.07) is 4.03. The van der Waals surface area contributed by atoms with E-state index in [2.05, 4.69) is 11.9 Å². The summed E-state index contributed by atoms with van der Waals surface area (Å²) >= 11 is 0. The molecule has 0 saturated heterocycles. The molecule has 0 aliphatic heterocycles. The molecule has 1 fully saturated rings. The Morgan fingerprint density at radius 3 is 2.76 bits per heavy atom. The fourth-order valence-corrected chi connectivity index (χ4v) is 2.70. The van der Waals surface area contributed by atoms with Crippen LogP contribution in [0.25, 0.3) is 0 Å². The first kappa shape index (κ1) is 12.7. The van der Waals surface area contributed by atoms with Crippen LogP contribution in [0.4, 0.5) is 0 Å². The monoisotopic (exact) mass is 237 g/mol. The van der Waals surface area contributed by atoms with E-state index in [1.807, 2.05) is 19.1 Å². The smallest absolute Gasteiger partial charge is 0.118 e. The zero-order chi connectivity index (χ0) is 12.3. The summed E-state index contributed by atoms with van der Waals surface area (Å²) in [5.74, 6) is 2.41. The standard InChI is InChI=1S/C14H23NO2/c1-11-7-8-13(17-11)10-15(2)9-12-5-3-4-6-14(12)16/h7-8,12,14,16H,3-6,9-10H2,1-2H3. The first-order valence-electron chi connectivity index (χ1n) is 6.57. The Hall–Kier alpha value is -0.800. The molecule has 1 aliphatic carbocycles. The molecule has 1 aromatic heterocycles. The Morgan fingerprint density at radius 1 is 1.35 bits per heavy atom. The molecule has 2 unspecified atom stereocenters. The first-order valence-corrected chi connectivity index (χ1v) is 6.57. The molecule has 1 aromatic rings. The Bertz CT molecular complexity index is 348. The van der Waals surface area contributed by atoms with E-state index in [0.29, 0.717) is 5.92 Å². The molecular formula is C14H23NO2. The van der Waals surface area contributed by atoms with E-state index < -0.39 is 0 Å². The van der Waals surface area contributed by atoms with Crippen LogP contribution in [0, 0.1) is 12.8 Å². The molecule has 0 spiro atoms. The van der Waals surface area contributed by atoms with Gasteiger partial charge in [-0.25, -0.2) is 0 Å². The quantitative estimate of drug-likeness (QED) is 0.874. The van der Waals surface area contributed by atoms with E-state index in [9.17, 15) is 5.11 Å². The molecule has 1 aliphatic rings. The van der Waals surface area contributed by atoms with Gasteiger partial charge in [-0.3, -0.25) is 4.90 Å². The van der Waals surface area contributed by atoms with E-state index in [1.165, 1.54) is 12.8 Å². The summed E-state index contributed by atoms with van der Waals surface area (Å²) in [5.41, 5.74) is 0. The fourth-order valence-electron chi connectivity index (χ4n) is 2.70. The van der Waals surface area contributed by atoms with Crippen LogP contribution in [0.15, 0.2) is 16.5 Å². The minimum absolute atomic E-state index is 0.107. The van der Waals surface area contributed by atoms with Crippen molar-refractivity contribution in [1.29, 1.82) is 0 Å². The second kappa shape index (κ2) is 5.69. The summed E-state index contributed by atoms with van der Waals surface area (Å²) in [4.78, 5) is 2.25. The predicted octanol–water partition coefficient (Wildman–Crippen LogP) is 2.57. The van der Waals surface area contributed by atoms with Crippen LogP contribution in [-0.2, 0) is 6.54 Å². The highest BCUT2D eigenvalue weighted by Gasteiger charge is 2.24. The number of aliphatic hydroxyl groups excluding tert-OH is 1. The van der Waals surface area contributed by atoms with Gasteiger partial charge in [-0.1, -0.05) is 12.8 Å². The third-order valence-corrected chi connectivity index (χ3v) is 3.64. The molecule has 0 amide bonds. The molecule has 2 atom stereocenters. The van der Waals surface area contributed by atoms with Crippen LogP contribution in [0.3, 0.4) is 0 Å². The van der Waals surface area contributed by atoms with Gasteiger partial charge in [0.05, 0.1) is 12.6 Å². The van der Waals surface area contributed by atoms with Crippen LogP contribution in [-0.4, -0.2) is 29.7 Å². The van der Waals surface area contributed by atoms with Gasteiger partial charge in [0.15, 0.2) is 0 Å². The van der Waals surface area contributed by atoms with Crippen molar-refractivity contribution in [1.82, 2.24) is 4.90 Å². The maximum Gasteiger partial charge on any atom is 0.118 e. The number of hydrogen-bond donors (Lipinski definition) is 1. The van der Waals surface area contributed by atoms with Crippen LogP contribution in [0.2, 0.25) is 0 Å². The minimum atomic E-state index is -0.107. The maximum atomic E-state index is 9.94. The molecule has 96 valence electrons. The lowest BCUT2D eigenvalue weighted by atomic mass is 9.86. The van der Waals surface area contributed by atoms with Gasteiger partial charge in [0.1, 0.15) is 11.5 Å². The van der Waals surface area contributed by atoms with Gasteiger partial charge >= 0.3 is 0 Å². The first-order chi connectivity index (χ1) is 8.15. The minimum Gasteiger partial charge on any atom is -0.465 e. The number of furan rings is 1. The van der Waals surface area contributed by atoms with E-state index in [0.717, 1.165) is 37.5 Å². The second-order valence-corrected chi connectivity index (χ2v) is 5.32. The lowest BCUT2D eigenvalue weighted by molar-refractivity contribution is 0.0490. The zero-order valence-corrected chi connectivity index (χ0v) is 10.9. The number of hydrogen-bond acceptors (Lipinski definition) is 3. The van der Waals surface area contributed by atoms with Crippen LogP contribution in [0.5, 0.6) is 0 Å². The molecule has 0 radical (unpaired) electrons. The van der Waals surface area contributed by atoms with E-state index in [-0.39, 0.29) is 6.10 Å². The molecule has 1 heterocycles. The van der Waals surface area contributed by atoms with Gasteiger partial charge in [0.2, 0.25) is 0 Å². The highest BCUT2D eigenvalue weighted by atomic mass is 16.3. The van der Waals surface area contributed by atoms with Gasteiger partial charge in [0.25, 0.3) is 0 Å². The molecule has 3 heteroatoms. The summed E-state index contributed by atoms with van der Waals surface area (Å²) in [6.45, 7) is 3.76. The fraction of sp³-hybridized carbons (Fsp3) is 0.714. The van der Waals surface area contributed by atoms with Gasteiger partial charge < -0.3 is 9.52 Å². The number of nitrogens with zero attached hydrogens (tertiary/aromatic N) is 1. The van der Waals surface area contributed by atoms with Crippen LogP contribution < -0.4 is 0 Å². The normalized spacial score (nSPS) is 25.4. The molecule has 0 bridgehead atoms. The van der Waals surface area contributed by atoms with Crippen molar-refractivity contribution in [3.05, 3.63) is 23.7 Å². The highest BCUT2D eigenvalue weighted by Crippen LogP contribution is 2.25. The summed E-state index contributed by atoms with van der Waals surface area (Å²) < 4.78 is 5.57. The largest absolute Gasteiger partial charge is 0.465 e. The van der Waals surface area contributed by atoms with Crippen LogP contribution in [0.1, 0.15) is 37.2 Å². The maximum absolute atomic E-state index is 9.94. The Balaban J connectivity index is 1.82. The molecule has 0 aromatic carbocycles. The number of aryl methyl sites for hydroxylation is 1. The van der Waals surface area contributed by atoms with Crippen molar-refractivity contribution in [2.24, 2.45) is 5.92 Å². The topological polar surface area (TPSA) is 36.6 Å². The predicted molar refractivity (Wildman–Crippen MR) is 67.7 cm³/mol. The second-order valence-electron chi connectivity index (χ2n) is 5.32. The van der Waals surface area contributed by atoms with Crippen molar-refractivity contribution in [2.75, 3.05) is 13.6 Å². The molecule has 2 rings (SSSR count). The molecule has 1 N–H and O–H groups in total. The lowest BCUT2D eigenvalue weighted by Gasteiger charge is -2.30. The third-order valence-electron chi connectivity index (χ3n) is 3.64. The third kappa shape index (κ3) is 3.58. The average molecular weight is 237 g/mol. The van der Waals surface area contributed by atoms with Crippen molar-refractivity contribution < 1.29 is 9.52 Å². The highest BCUT2D eigenvalue weighted by molar-refractivity contribution is 5.05. The summed E-state index contributed by atoms with van der Waals surface area (Å²) in [6.07, 6.45) is 4.46. The van der Waals surface area contributed by atoms with Gasteiger partial charge in [0, 0.05) is 6.54 Å². The summed E-state index contributed by atoms with van der Waals surface area (Å²) in [7, 11) is 2.10. The average Bonchev–Trinajstić information content (AvgIpc) is 2.67. The van der Waals surface area contributed by atoms with Gasteiger partial charge in [-0.05, 0) is 44.9 Å². The molecule has 1 saturated carbocycles. The Labute approximate surface area is 103 Å². The summed E-state index contributed by atoms with van der Waals surface area (Å²) in [5, 5.41) is 9.94. The zero-order valence-electron chi connectivity index (χ0n) is 10.9. The SMILES string of the molecule is Cc1ccc(CN(C)CC2CCCCC2O)o1. The van der Waals surface area contributed by atoms with Crippen molar-refractivity contribution in [3.8, 4) is 0 Å². The number of aliphatic hydroxyl groups is 1. The van der Waals surface area contributed by atoms with E-state index >= 15 is 0 Å². The van der Waals surface area contributed by atoms with E-state index in [1.54, 1.807) is 0 Å². The lowest BCUT2D eigenvalue weighted by Crippen LogP contribution is -2.34. The van der Waals surface area contributed by atoms with Crippen molar-refractivity contribution in [3.63, 3.8) is 0 Å². The molecule has 17 heavy (non-hydrogen) atoms. The van der Waals surface area contributed by atoms with E-state index in [4.69, 9.17) is 4.42 Å².